The first-order chi connectivity index (χ1) is 8.79. The van der Waals surface area contributed by atoms with Crippen molar-refractivity contribution >= 4 is 5.69 Å². The minimum Gasteiger partial charge on any atom is -0.397 e. The Hall–Kier alpha value is -1.95. The summed E-state index contributed by atoms with van der Waals surface area (Å²) in [5.41, 5.74) is 6.86. The predicted octanol–water partition coefficient (Wildman–Crippen LogP) is 1.81. The lowest BCUT2D eigenvalue weighted by Gasteiger charge is -2.08. The van der Waals surface area contributed by atoms with Crippen LogP contribution in [0.2, 0.25) is 0 Å². The fraction of sp³-hybridized carbons (Fsp3) is 0.417. The Bertz CT molecular complexity index is 551. The minimum absolute atomic E-state index is 0.0903. The number of nitrogens with two attached hydrogens (primary N) is 1. The fourth-order valence-corrected chi connectivity index (χ4v) is 1.95. The van der Waals surface area contributed by atoms with E-state index in [0.717, 1.165) is 12.8 Å². The molecular formula is C12H14N4O2. The van der Waals surface area contributed by atoms with E-state index >= 15 is 0 Å². The van der Waals surface area contributed by atoms with Gasteiger partial charge in [-0.3, -0.25) is 0 Å². The van der Waals surface area contributed by atoms with E-state index in [4.69, 9.17) is 15.0 Å². The van der Waals surface area contributed by atoms with Gasteiger partial charge in [0.15, 0.2) is 5.69 Å². The molecule has 94 valence electrons. The molecule has 0 bridgehead atoms. The summed E-state index contributed by atoms with van der Waals surface area (Å²) in [5.74, 6) is 1.41. The van der Waals surface area contributed by atoms with Crippen molar-refractivity contribution in [1.29, 1.82) is 0 Å². The third-order valence-electron chi connectivity index (χ3n) is 3.04. The number of pyridine rings is 1. The van der Waals surface area contributed by atoms with Gasteiger partial charge in [-0.05, 0) is 30.9 Å². The summed E-state index contributed by atoms with van der Waals surface area (Å²) in [6.45, 7) is 0. The third kappa shape index (κ3) is 1.95. The van der Waals surface area contributed by atoms with Gasteiger partial charge in [0, 0.05) is 13.3 Å². The Kier molecular flexibility index (Phi) is 2.71. The fourth-order valence-electron chi connectivity index (χ4n) is 1.95. The van der Waals surface area contributed by atoms with E-state index in [1.807, 2.05) is 0 Å². The molecule has 0 aromatic carbocycles. The molecule has 0 saturated heterocycles. The van der Waals surface area contributed by atoms with Crippen LogP contribution in [0.3, 0.4) is 0 Å². The quantitative estimate of drug-likeness (QED) is 0.885. The first kappa shape index (κ1) is 11.2. The topological polar surface area (TPSA) is 87.1 Å². The molecule has 1 saturated carbocycles. The molecule has 6 heteroatoms. The van der Waals surface area contributed by atoms with Crippen molar-refractivity contribution in [2.24, 2.45) is 5.92 Å². The average molecular weight is 246 g/mol. The second-order valence-corrected chi connectivity index (χ2v) is 4.39. The zero-order chi connectivity index (χ0) is 12.5. The van der Waals surface area contributed by atoms with Crippen molar-refractivity contribution in [3.8, 4) is 11.6 Å². The minimum atomic E-state index is -0.0903. The van der Waals surface area contributed by atoms with E-state index in [-0.39, 0.29) is 6.10 Å². The molecule has 0 spiro atoms. The highest BCUT2D eigenvalue weighted by atomic mass is 16.5. The van der Waals surface area contributed by atoms with Crippen molar-refractivity contribution < 1.29 is 9.26 Å². The highest BCUT2D eigenvalue weighted by molar-refractivity contribution is 5.65. The van der Waals surface area contributed by atoms with Crippen molar-refractivity contribution in [2.45, 2.75) is 18.9 Å². The zero-order valence-electron chi connectivity index (χ0n) is 10.0. The molecule has 0 amide bonds. The summed E-state index contributed by atoms with van der Waals surface area (Å²) >= 11 is 0. The van der Waals surface area contributed by atoms with Crippen LogP contribution in [0.5, 0.6) is 0 Å². The molecule has 0 radical (unpaired) electrons. The van der Waals surface area contributed by atoms with Crippen LogP contribution in [0, 0.1) is 5.92 Å². The van der Waals surface area contributed by atoms with Gasteiger partial charge in [0.1, 0.15) is 6.10 Å². The van der Waals surface area contributed by atoms with Crippen molar-refractivity contribution in [2.75, 3.05) is 12.8 Å². The summed E-state index contributed by atoms with van der Waals surface area (Å²) in [6, 6.07) is 3.51. The standard InChI is InChI=1S/C12H14N4O2/c1-17-10(7-4-5-7)11-15-12(18-16-11)9-8(13)3-2-6-14-9/h2-3,6-7,10H,4-5,13H2,1H3. The SMILES string of the molecule is COC(c1noc(-c2ncccc2N)n1)C1CC1. The molecule has 18 heavy (non-hydrogen) atoms. The van der Waals surface area contributed by atoms with Crippen molar-refractivity contribution in [3.63, 3.8) is 0 Å². The molecule has 1 atom stereocenters. The van der Waals surface area contributed by atoms with Gasteiger partial charge >= 0.3 is 0 Å². The maximum Gasteiger partial charge on any atom is 0.278 e. The van der Waals surface area contributed by atoms with Crippen LogP contribution in [-0.4, -0.2) is 22.2 Å². The van der Waals surface area contributed by atoms with Gasteiger partial charge in [-0.1, -0.05) is 5.16 Å². The predicted molar refractivity (Wildman–Crippen MR) is 64.4 cm³/mol. The molecule has 1 aliphatic rings. The zero-order valence-corrected chi connectivity index (χ0v) is 10.0. The summed E-state index contributed by atoms with van der Waals surface area (Å²) in [5, 5.41) is 3.96. The van der Waals surface area contributed by atoms with E-state index in [9.17, 15) is 0 Å². The molecule has 1 aliphatic carbocycles. The Morgan fingerprint density at radius 3 is 3.00 bits per heavy atom. The average Bonchev–Trinajstić information content (AvgIpc) is 3.09. The van der Waals surface area contributed by atoms with Crippen LogP contribution in [0.1, 0.15) is 24.8 Å². The number of ether oxygens (including phenoxy) is 1. The lowest BCUT2D eigenvalue weighted by atomic mass is 10.2. The van der Waals surface area contributed by atoms with Crippen LogP contribution in [0.25, 0.3) is 11.6 Å². The molecule has 2 N–H and O–H groups in total. The van der Waals surface area contributed by atoms with Gasteiger partial charge in [0.05, 0.1) is 5.69 Å². The number of hydrogen-bond acceptors (Lipinski definition) is 6. The van der Waals surface area contributed by atoms with Crippen molar-refractivity contribution in [3.05, 3.63) is 24.2 Å². The molecule has 6 nitrogen and oxygen atoms in total. The molecule has 2 aromatic rings. The summed E-state index contributed by atoms with van der Waals surface area (Å²) in [7, 11) is 1.66. The number of nitrogen functional groups attached to an aromatic ring is 1. The number of rotatable bonds is 4. The normalized spacial score (nSPS) is 16.7. The number of nitrogens with zero attached hydrogens (tertiary/aromatic N) is 3. The summed E-state index contributed by atoms with van der Waals surface area (Å²) in [6.07, 6.45) is 3.85. The molecular weight excluding hydrogens is 232 g/mol. The van der Waals surface area contributed by atoms with Gasteiger partial charge in [0.25, 0.3) is 5.89 Å². The monoisotopic (exact) mass is 246 g/mol. The first-order valence-electron chi connectivity index (χ1n) is 5.87. The molecule has 3 rings (SSSR count). The van der Waals surface area contributed by atoms with E-state index < -0.39 is 0 Å². The van der Waals surface area contributed by atoms with E-state index in [0.29, 0.717) is 29.0 Å². The molecule has 1 unspecified atom stereocenters. The Morgan fingerprint density at radius 2 is 2.33 bits per heavy atom. The Labute approximate surface area is 104 Å². The second kappa shape index (κ2) is 4.38. The molecule has 1 fully saturated rings. The summed E-state index contributed by atoms with van der Waals surface area (Å²) < 4.78 is 10.6. The van der Waals surface area contributed by atoms with E-state index in [1.54, 1.807) is 25.4 Å². The van der Waals surface area contributed by atoms with Gasteiger partial charge in [-0.25, -0.2) is 4.98 Å². The smallest absolute Gasteiger partial charge is 0.278 e. The van der Waals surface area contributed by atoms with Crippen LogP contribution in [0.15, 0.2) is 22.9 Å². The number of aromatic nitrogens is 3. The van der Waals surface area contributed by atoms with E-state index in [2.05, 4.69) is 15.1 Å². The van der Waals surface area contributed by atoms with Gasteiger partial charge in [0.2, 0.25) is 5.82 Å². The third-order valence-corrected chi connectivity index (χ3v) is 3.04. The Balaban J connectivity index is 1.91. The number of anilines is 1. The van der Waals surface area contributed by atoms with Crippen LogP contribution >= 0.6 is 0 Å². The van der Waals surface area contributed by atoms with Crippen LogP contribution < -0.4 is 5.73 Å². The highest BCUT2D eigenvalue weighted by Gasteiger charge is 2.35. The highest BCUT2D eigenvalue weighted by Crippen LogP contribution is 2.42. The van der Waals surface area contributed by atoms with Gasteiger partial charge < -0.3 is 15.0 Å². The maximum atomic E-state index is 5.82. The van der Waals surface area contributed by atoms with E-state index in [1.165, 1.54) is 0 Å². The largest absolute Gasteiger partial charge is 0.397 e. The van der Waals surface area contributed by atoms with Crippen molar-refractivity contribution in [1.82, 2.24) is 15.1 Å². The van der Waals surface area contributed by atoms with Gasteiger partial charge in [-0.2, -0.15) is 4.98 Å². The first-order valence-corrected chi connectivity index (χ1v) is 5.87. The second-order valence-electron chi connectivity index (χ2n) is 4.39. The van der Waals surface area contributed by atoms with Crippen LogP contribution in [-0.2, 0) is 4.74 Å². The number of hydrogen-bond donors (Lipinski definition) is 1. The lowest BCUT2D eigenvalue weighted by molar-refractivity contribution is 0.0751. The maximum absolute atomic E-state index is 5.82. The molecule has 0 aliphatic heterocycles. The van der Waals surface area contributed by atoms with Crippen LogP contribution in [0.4, 0.5) is 5.69 Å². The number of methoxy groups -OCH3 is 1. The van der Waals surface area contributed by atoms with Gasteiger partial charge in [-0.15, -0.1) is 0 Å². The summed E-state index contributed by atoms with van der Waals surface area (Å²) in [4.78, 5) is 8.47. The molecule has 2 aromatic heterocycles. The lowest BCUT2D eigenvalue weighted by Crippen LogP contribution is -2.05. The molecule has 2 heterocycles. The Morgan fingerprint density at radius 1 is 1.50 bits per heavy atom.